The van der Waals surface area contributed by atoms with Gasteiger partial charge in [0.25, 0.3) is 0 Å². The van der Waals surface area contributed by atoms with Crippen molar-refractivity contribution >= 4 is 16.7 Å². The Morgan fingerprint density at radius 2 is 1.71 bits per heavy atom. The number of benzene rings is 1. The largest absolute Gasteiger partial charge is 0.292 e. The van der Waals surface area contributed by atoms with E-state index < -0.39 is 0 Å². The first-order chi connectivity index (χ1) is 10.2. The minimum atomic E-state index is 0.181. The van der Waals surface area contributed by atoms with Crippen LogP contribution in [0.5, 0.6) is 0 Å². The van der Waals surface area contributed by atoms with Gasteiger partial charge in [-0.1, -0.05) is 63.6 Å². The van der Waals surface area contributed by atoms with Gasteiger partial charge in [0.1, 0.15) is 5.69 Å². The fourth-order valence-corrected chi connectivity index (χ4v) is 2.78. The molecule has 0 atom stereocenters. The monoisotopic (exact) mass is 286 g/mol. The van der Waals surface area contributed by atoms with Crippen LogP contribution in [-0.2, 0) is 7.05 Å². The van der Waals surface area contributed by atoms with Gasteiger partial charge in [-0.05, 0) is 12.5 Å². The lowest BCUT2D eigenvalue weighted by molar-refractivity contribution is 0.0975. The van der Waals surface area contributed by atoms with Gasteiger partial charge >= 0.3 is 0 Å². The number of hydrogen-bond donors (Lipinski definition) is 0. The highest BCUT2D eigenvalue weighted by atomic mass is 16.1. The smallest absolute Gasteiger partial charge is 0.183 e. The molecule has 0 aliphatic rings. The predicted molar refractivity (Wildman–Crippen MR) is 87.7 cm³/mol. The number of fused-ring (bicyclic) bond motifs is 1. The summed E-state index contributed by atoms with van der Waals surface area (Å²) >= 11 is 0. The molecule has 2 rings (SSSR count). The van der Waals surface area contributed by atoms with E-state index in [0.717, 1.165) is 23.7 Å². The van der Waals surface area contributed by atoms with Crippen LogP contribution >= 0.6 is 0 Å². The highest BCUT2D eigenvalue weighted by molar-refractivity contribution is 6.05. The number of rotatable bonds is 9. The first kappa shape index (κ1) is 15.7. The summed E-state index contributed by atoms with van der Waals surface area (Å²) in [6.07, 6.45) is 9.25. The SMILES string of the molecule is CCCCCCCCCC(=O)c1nn(C)c2ccccc12. The fourth-order valence-electron chi connectivity index (χ4n) is 2.78. The Morgan fingerprint density at radius 3 is 2.48 bits per heavy atom. The molecule has 2 aromatic rings. The Morgan fingerprint density at radius 1 is 1.05 bits per heavy atom. The molecule has 0 bridgehead atoms. The zero-order chi connectivity index (χ0) is 15.1. The molecular formula is C18H26N2O. The van der Waals surface area contributed by atoms with Gasteiger partial charge in [-0.25, -0.2) is 0 Å². The second-order valence-electron chi connectivity index (χ2n) is 5.78. The van der Waals surface area contributed by atoms with E-state index in [1.807, 2.05) is 31.3 Å². The number of aryl methyl sites for hydroxylation is 1. The van der Waals surface area contributed by atoms with Crippen molar-refractivity contribution in [3.8, 4) is 0 Å². The predicted octanol–water partition coefficient (Wildman–Crippen LogP) is 4.90. The minimum absolute atomic E-state index is 0.181. The van der Waals surface area contributed by atoms with E-state index in [1.54, 1.807) is 4.68 Å². The van der Waals surface area contributed by atoms with Crippen LogP contribution in [0.25, 0.3) is 10.9 Å². The highest BCUT2D eigenvalue weighted by Gasteiger charge is 2.14. The van der Waals surface area contributed by atoms with Crippen LogP contribution in [0.15, 0.2) is 24.3 Å². The molecule has 21 heavy (non-hydrogen) atoms. The number of hydrogen-bond acceptors (Lipinski definition) is 2. The molecule has 0 spiro atoms. The number of ketones is 1. The Balaban J connectivity index is 1.83. The van der Waals surface area contributed by atoms with Gasteiger partial charge in [0.2, 0.25) is 0 Å². The lowest BCUT2D eigenvalue weighted by Crippen LogP contribution is -2.01. The van der Waals surface area contributed by atoms with Crippen molar-refractivity contribution in [2.45, 2.75) is 58.3 Å². The van der Waals surface area contributed by atoms with E-state index >= 15 is 0 Å². The Labute approximate surface area is 127 Å². The summed E-state index contributed by atoms with van der Waals surface area (Å²) in [6.45, 7) is 2.23. The molecule has 0 unspecified atom stereocenters. The normalized spacial score (nSPS) is 11.1. The maximum Gasteiger partial charge on any atom is 0.183 e. The average molecular weight is 286 g/mol. The van der Waals surface area contributed by atoms with E-state index in [2.05, 4.69) is 12.0 Å². The van der Waals surface area contributed by atoms with Crippen molar-refractivity contribution in [3.05, 3.63) is 30.0 Å². The summed E-state index contributed by atoms with van der Waals surface area (Å²) in [5.41, 5.74) is 1.67. The Hall–Kier alpha value is -1.64. The van der Waals surface area contributed by atoms with Crippen molar-refractivity contribution < 1.29 is 4.79 Å². The van der Waals surface area contributed by atoms with E-state index in [9.17, 15) is 4.79 Å². The van der Waals surface area contributed by atoms with Gasteiger partial charge < -0.3 is 0 Å². The number of carbonyl (C=O) groups excluding carboxylic acids is 1. The number of para-hydroxylation sites is 1. The van der Waals surface area contributed by atoms with Crippen LogP contribution < -0.4 is 0 Å². The van der Waals surface area contributed by atoms with Crippen LogP contribution in [0.1, 0.15) is 68.8 Å². The van der Waals surface area contributed by atoms with Crippen molar-refractivity contribution in [2.75, 3.05) is 0 Å². The third-order valence-corrected chi connectivity index (χ3v) is 4.03. The van der Waals surface area contributed by atoms with Crippen molar-refractivity contribution in [1.29, 1.82) is 0 Å². The zero-order valence-electron chi connectivity index (χ0n) is 13.3. The maximum absolute atomic E-state index is 12.3. The second kappa shape index (κ2) is 7.96. The number of unbranched alkanes of at least 4 members (excludes halogenated alkanes) is 6. The number of Topliss-reactive ketones (excluding diaryl/α,β-unsaturated/α-hetero) is 1. The molecule has 114 valence electrons. The molecule has 0 saturated heterocycles. The molecule has 0 amide bonds. The zero-order valence-corrected chi connectivity index (χ0v) is 13.3. The third-order valence-electron chi connectivity index (χ3n) is 4.03. The number of nitrogens with zero attached hydrogens (tertiary/aromatic N) is 2. The summed E-state index contributed by atoms with van der Waals surface area (Å²) in [6, 6.07) is 7.94. The number of aromatic nitrogens is 2. The molecule has 0 saturated carbocycles. The van der Waals surface area contributed by atoms with Crippen LogP contribution in [0, 0.1) is 0 Å². The molecule has 1 heterocycles. The molecular weight excluding hydrogens is 260 g/mol. The van der Waals surface area contributed by atoms with Gasteiger partial charge in [-0.3, -0.25) is 9.48 Å². The average Bonchev–Trinajstić information content (AvgIpc) is 2.84. The molecule has 0 radical (unpaired) electrons. The quantitative estimate of drug-likeness (QED) is 0.485. The fraction of sp³-hybridized carbons (Fsp3) is 0.556. The van der Waals surface area contributed by atoms with Gasteiger partial charge in [0.05, 0.1) is 5.52 Å². The molecule has 0 N–H and O–H groups in total. The van der Waals surface area contributed by atoms with Gasteiger partial charge in [-0.2, -0.15) is 5.10 Å². The van der Waals surface area contributed by atoms with Crippen molar-refractivity contribution in [3.63, 3.8) is 0 Å². The first-order valence-electron chi connectivity index (χ1n) is 8.19. The minimum Gasteiger partial charge on any atom is -0.292 e. The van der Waals surface area contributed by atoms with Crippen molar-refractivity contribution in [2.24, 2.45) is 7.05 Å². The Kier molecular flexibility index (Phi) is 5.97. The Bertz CT molecular complexity index is 586. The molecule has 0 aliphatic carbocycles. The second-order valence-corrected chi connectivity index (χ2v) is 5.78. The summed E-state index contributed by atoms with van der Waals surface area (Å²) in [5.74, 6) is 0.181. The third kappa shape index (κ3) is 4.16. The molecule has 0 aliphatic heterocycles. The topological polar surface area (TPSA) is 34.9 Å². The molecule has 0 fully saturated rings. The van der Waals surface area contributed by atoms with Crippen LogP contribution in [-0.4, -0.2) is 15.6 Å². The van der Waals surface area contributed by atoms with E-state index in [0.29, 0.717) is 12.1 Å². The maximum atomic E-state index is 12.3. The number of carbonyl (C=O) groups is 1. The molecule has 1 aromatic carbocycles. The standard InChI is InChI=1S/C18H26N2O/c1-3-4-5-6-7-8-9-14-17(21)18-15-12-10-11-13-16(15)20(2)19-18/h10-13H,3-9,14H2,1-2H3. The van der Waals surface area contributed by atoms with Gasteiger partial charge in [-0.15, -0.1) is 0 Å². The van der Waals surface area contributed by atoms with Crippen LogP contribution in [0.4, 0.5) is 0 Å². The lowest BCUT2D eigenvalue weighted by atomic mass is 10.0. The van der Waals surface area contributed by atoms with Gasteiger partial charge in [0.15, 0.2) is 5.78 Å². The lowest BCUT2D eigenvalue weighted by Gasteiger charge is -2.00. The van der Waals surface area contributed by atoms with E-state index in [1.165, 1.54) is 32.1 Å². The summed E-state index contributed by atoms with van der Waals surface area (Å²) in [5, 5.41) is 5.38. The van der Waals surface area contributed by atoms with Crippen molar-refractivity contribution in [1.82, 2.24) is 9.78 Å². The molecule has 3 nitrogen and oxygen atoms in total. The molecule has 3 heteroatoms. The molecule has 1 aromatic heterocycles. The highest BCUT2D eigenvalue weighted by Crippen LogP contribution is 2.19. The first-order valence-corrected chi connectivity index (χ1v) is 8.19. The summed E-state index contributed by atoms with van der Waals surface area (Å²) in [4.78, 5) is 12.3. The van der Waals surface area contributed by atoms with Crippen LogP contribution in [0.2, 0.25) is 0 Å². The van der Waals surface area contributed by atoms with E-state index in [4.69, 9.17) is 0 Å². The van der Waals surface area contributed by atoms with Gasteiger partial charge in [0, 0.05) is 18.9 Å². The summed E-state index contributed by atoms with van der Waals surface area (Å²) in [7, 11) is 1.90. The summed E-state index contributed by atoms with van der Waals surface area (Å²) < 4.78 is 1.80. The van der Waals surface area contributed by atoms with E-state index in [-0.39, 0.29) is 5.78 Å². The van der Waals surface area contributed by atoms with Crippen LogP contribution in [0.3, 0.4) is 0 Å².